The largest absolute Gasteiger partial charge is 0.356 e. The minimum atomic E-state index is -0.120. The van der Waals surface area contributed by atoms with Gasteiger partial charge < -0.3 is 10.2 Å². The summed E-state index contributed by atoms with van der Waals surface area (Å²) >= 11 is 0. The van der Waals surface area contributed by atoms with Gasteiger partial charge in [-0.05, 0) is 19.3 Å². The third kappa shape index (κ3) is 4.99. The van der Waals surface area contributed by atoms with E-state index in [1.54, 1.807) is 0 Å². The lowest BCUT2D eigenvalue weighted by molar-refractivity contribution is -0.130. The summed E-state index contributed by atoms with van der Waals surface area (Å²) in [5.74, 6) is 0.155. The number of carbonyl (C=O) groups is 2. The predicted molar refractivity (Wildman–Crippen MR) is 88.5 cm³/mol. The van der Waals surface area contributed by atoms with Crippen molar-refractivity contribution in [2.24, 2.45) is 5.92 Å². The van der Waals surface area contributed by atoms with E-state index in [9.17, 15) is 9.59 Å². The fourth-order valence-electron chi connectivity index (χ4n) is 3.74. The first-order chi connectivity index (χ1) is 10.7. The van der Waals surface area contributed by atoms with Gasteiger partial charge in [0.05, 0.1) is 5.92 Å². The fourth-order valence-corrected chi connectivity index (χ4v) is 3.74. The first-order valence-electron chi connectivity index (χ1n) is 9.29. The number of unbranched alkanes of at least 4 members (excludes halogenated alkanes) is 4. The van der Waals surface area contributed by atoms with Crippen molar-refractivity contribution in [3.05, 3.63) is 0 Å². The number of carbonyl (C=O) groups excluding carboxylic acids is 2. The van der Waals surface area contributed by atoms with Crippen LogP contribution >= 0.6 is 0 Å². The molecule has 2 fully saturated rings. The van der Waals surface area contributed by atoms with E-state index in [4.69, 9.17) is 0 Å². The Hall–Kier alpha value is -1.06. The molecule has 1 saturated carbocycles. The van der Waals surface area contributed by atoms with Gasteiger partial charge in [0.25, 0.3) is 0 Å². The summed E-state index contributed by atoms with van der Waals surface area (Å²) in [6.45, 7) is 3.61. The third-order valence-electron chi connectivity index (χ3n) is 5.12. The number of amides is 2. The van der Waals surface area contributed by atoms with Crippen LogP contribution in [0.5, 0.6) is 0 Å². The minimum Gasteiger partial charge on any atom is -0.356 e. The van der Waals surface area contributed by atoms with E-state index in [0.717, 1.165) is 25.8 Å². The summed E-state index contributed by atoms with van der Waals surface area (Å²) in [5.41, 5.74) is 0. The topological polar surface area (TPSA) is 49.4 Å². The zero-order chi connectivity index (χ0) is 15.8. The summed E-state index contributed by atoms with van der Waals surface area (Å²) in [4.78, 5) is 26.4. The van der Waals surface area contributed by atoms with Crippen LogP contribution in [0.4, 0.5) is 0 Å². The van der Waals surface area contributed by atoms with Gasteiger partial charge in [0.15, 0.2) is 0 Å². The average Bonchev–Trinajstić information content (AvgIpc) is 2.93. The Labute approximate surface area is 135 Å². The molecule has 1 aliphatic heterocycles. The van der Waals surface area contributed by atoms with Crippen molar-refractivity contribution in [3.63, 3.8) is 0 Å². The lowest BCUT2D eigenvalue weighted by atomic mass is 9.94. The Bertz CT molecular complexity index is 364. The molecule has 1 atom stereocenters. The Morgan fingerprint density at radius 1 is 1.14 bits per heavy atom. The molecule has 0 spiro atoms. The van der Waals surface area contributed by atoms with Crippen LogP contribution in [-0.4, -0.2) is 35.8 Å². The lowest BCUT2D eigenvalue weighted by Gasteiger charge is -2.31. The summed E-state index contributed by atoms with van der Waals surface area (Å²) in [5, 5.41) is 3.03. The summed E-state index contributed by atoms with van der Waals surface area (Å²) in [6, 6.07) is 0.396. The van der Waals surface area contributed by atoms with Crippen LogP contribution in [0.15, 0.2) is 0 Å². The van der Waals surface area contributed by atoms with Gasteiger partial charge in [0, 0.05) is 25.6 Å². The van der Waals surface area contributed by atoms with E-state index < -0.39 is 0 Å². The molecular weight excluding hydrogens is 276 g/mol. The molecule has 2 aliphatic rings. The maximum absolute atomic E-state index is 12.2. The Morgan fingerprint density at radius 2 is 1.86 bits per heavy atom. The number of rotatable bonds is 8. The molecule has 0 aromatic carbocycles. The van der Waals surface area contributed by atoms with E-state index in [1.165, 1.54) is 44.9 Å². The highest BCUT2D eigenvalue weighted by atomic mass is 16.2. The molecule has 0 radical (unpaired) electrons. The van der Waals surface area contributed by atoms with Crippen molar-refractivity contribution in [1.82, 2.24) is 10.2 Å². The molecular formula is C18H32N2O2. The van der Waals surface area contributed by atoms with Gasteiger partial charge in [-0.2, -0.15) is 0 Å². The van der Waals surface area contributed by atoms with E-state index in [0.29, 0.717) is 19.0 Å². The second kappa shape index (κ2) is 9.16. The van der Waals surface area contributed by atoms with Crippen molar-refractivity contribution in [3.8, 4) is 0 Å². The normalized spacial score (nSPS) is 23.0. The van der Waals surface area contributed by atoms with E-state index in [2.05, 4.69) is 12.2 Å². The Kier molecular flexibility index (Phi) is 7.20. The highest BCUT2D eigenvalue weighted by Crippen LogP contribution is 2.28. The lowest BCUT2D eigenvalue weighted by Crippen LogP contribution is -2.39. The molecule has 4 heteroatoms. The molecule has 0 bridgehead atoms. The molecule has 126 valence electrons. The van der Waals surface area contributed by atoms with Crippen LogP contribution < -0.4 is 5.32 Å². The van der Waals surface area contributed by atoms with Gasteiger partial charge in [-0.25, -0.2) is 0 Å². The second-order valence-electron chi connectivity index (χ2n) is 6.94. The van der Waals surface area contributed by atoms with Gasteiger partial charge in [-0.1, -0.05) is 51.9 Å². The molecule has 2 amide bonds. The van der Waals surface area contributed by atoms with Crippen LogP contribution in [0.1, 0.15) is 77.6 Å². The SMILES string of the molecule is CCCCCCCNC(=O)C1CC(=O)N(C2CCCCC2)C1. The number of hydrogen-bond donors (Lipinski definition) is 1. The first-order valence-corrected chi connectivity index (χ1v) is 9.29. The zero-order valence-corrected chi connectivity index (χ0v) is 14.1. The quantitative estimate of drug-likeness (QED) is 0.700. The second-order valence-corrected chi connectivity index (χ2v) is 6.94. The minimum absolute atomic E-state index is 0.0853. The molecule has 1 heterocycles. The number of likely N-dealkylation sites (tertiary alicyclic amines) is 1. The van der Waals surface area contributed by atoms with E-state index in [1.807, 2.05) is 4.90 Å². The summed E-state index contributed by atoms with van der Waals surface area (Å²) in [6.07, 6.45) is 12.4. The third-order valence-corrected chi connectivity index (χ3v) is 5.12. The van der Waals surface area contributed by atoms with Crippen molar-refractivity contribution in [1.29, 1.82) is 0 Å². The summed E-state index contributed by atoms with van der Waals surface area (Å²) < 4.78 is 0. The van der Waals surface area contributed by atoms with E-state index >= 15 is 0 Å². The number of nitrogens with one attached hydrogen (secondary N) is 1. The fraction of sp³-hybridized carbons (Fsp3) is 0.889. The molecule has 4 nitrogen and oxygen atoms in total. The van der Waals surface area contributed by atoms with E-state index in [-0.39, 0.29) is 17.7 Å². The van der Waals surface area contributed by atoms with Gasteiger partial charge in [-0.15, -0.1) is 0 Å². The molecule has 1 saturated heterocycles. The average molecular weight is 308 g/mol. The van der Waals surface area contributed by atoms with Gasteiger partial charge in [-0.3, -0.25) is 9.59 Å². The van der Waals surface area contributed by atoms with Crippen LogP contribution in [-0.2, 0) is 9.59 Å². The van der Waals surface area contributed by atoms with Gasteiger partial charge >= 0.3 is 0 Å². The molecule has 1 aliphatic carbocycles. The maximum Gasteiger partial charge on any atom is 0.225 e. The highest BCUT2D eigenvalue weighted by Gasteiger charge is 2.37. The molecule has 0 aromatic rings. The van der Waals surface area contributed by atoms with Gasteiger partial charge in [0.1, 0.15) is 0 Å². The van der Waals surface area contributed by atoms with Crippen molar-refractivity contribution < 1.29 is 9.59 Å². The Morgan fingerprint density at radius 3 is 2.59 bits per heavy atom. The molecule has 2 rings (SSSR count). The van der Waals surface area contributed by atoms with Crippen molar-refractivity contribution >= 4 is 11.8 Å². The van der Waals surface area contributed by atoms with Crippen molar-refractivity contribution in [2.45, 2.75) is 83.6 Å². The molecule has 1 N–H and O–H groups in total. The number of hydrogen-bond acceptors (Lipinski definition) is 2. The monoisotopic (exact) mass is 308 g/mol. The number of nitrogens with zero attached hydrogens (tertiary/aromatic N) is 1. The predicted octanol–water partition coefficient (Wildman–Crippen LogP) is 3.25. The van der Waals surface area contributed by atoms with Crippen LogP contribution in [0.3, 0.4) is 0 Å². The summed E-state index contributed by atoms with van der Waals surface area (Å²) in [7, 11) is 0. The molecule has 1 unspecified atom stereocenters. The van der Waals surface area contributed by atoms with Crippen molar-refractivity contribution in [2.75, 3.05) is 13.1 Å². The first kappa shape index (κ1) is 17.3. The standard InChI is InChI=1S/C18H32N2O2/c1-2-3-4-5-9-12-19-18(22)15-13-17(21)20(14-15)16-10-7-6-8-11-16/h15-16H,2-14H2,1H3,(H,19,22). The molecule has 0 aromatic heterocycles. The maximum atomic E-state index is 12.2. The zero-order valence-electron chi connectivity index (χ0n) is 14.1. The molecule has 22 heavy (non-hydrogen) atoms. The highest BCUT2D eigenvalue weighted by molar-refractivity contribution is 5.89. The Balaban J connectivity index is 1.67. The van der Waals surface area contributed by atoms with Gasteiger partial charge in [0.2, 0.25) is 11.8 Å². The van der Waals surface area contributed by atoms with Crippen LogP contribution in [0, 0.1) is 5.92 Å². The van der Waals surface area contributed by atoms with Crippen LogP contribution in [0.2, 0.25) is 0 Å². The van der Waals surface area contributed by atoms with Crippen LogP contribution in [0.25, 0.3) is 0 Å². The smallest absolute Gasteiger partial charge is 0.225 e.